The number of nitrogens with one attached hydrogen (secondary N) is 1. The molecular formula is C19H21F2N5O2. The average Bonchev–Trinajstić information content (AvgIpc) is 2.64. The minimum absolute atomic E-state index is 0.128. The Balaban J connectivity index is 1.84. The monoisotopic (exact) mass is 389 g/mol. The molecule has 3 rings (SSSR count). The van der Waals surface area contributed by atoms with Crippen molar-refractivity contribution in [3.63, 3.8) is 0 Å². The van der Waals surface area contributed by atoms with E-state index in [-0.39, 0.29) is 18.9 Å². The van der Waals surface area contributed by atoms with E-state index in [2.05, 4.69) is 15.3 Å². The van der Waals surface area contributed by atoms with E-state index >= 15 is 0 Å². The molecule has 0 spiro atoms. The Bertz CT molecular complexity index is 890. The minimum atomic E-state index is -1.40. The number of amides is 2. The highest BCUT2D eigenvalue weighted by Crippen LogP contribution is 2.35. The van der Waals surface area contributed by atoms with E-state index in [0.717, 1.165) is 6.07 Å². The van der Waals surface area contributed by atoms with Crippen molar-refractivity contribution in [2.45, 2.75) is 32.5 Å². The third-order valence-electron chi connectivity index (χ3n) is 4.74. The minimum Gasteiger partial charge on any atom is -0.383 e. The van der Waals surface area contributed by atoms with Gasteiger partial charge in [0.25, 0.3) is 0 Å². The van der Waals surface area contributed by atoms with Crippen LogP contribution < -0.4 is 11.1 Å². The first-order valence-electron chi connectivity index (χ1n) is 8.86. The van der Waals surface area contributed by atoms with Crippen molar-refractivity contribution in [3.8, 4) is 0 Å². The van der Waals surface area contributed by atoms with Gasteiger partial charge in [0.2, 0.25) is 5.95 Å². The number of anilines is 2. The van der Waals surface area contributed by atoms with Crippen LogP contribution in [0.3, 0.4) is 0 Å². The van der Waals surface area contributed by atoms with Gasteiger partial charge in [-0.3, -0.25) is 9.59 Å². The second-order valence-electron chi connectivity index (χ2n) is 7.05. The lowest BCUT2D eigenvalue weighted by molar-refractivity contribution is -0.148. The van der Waals surface area contributed by atoms with E-state index in [1.54, 1.807) is 19.9 Å². The number of nitrogens with two attached hydrogens (primary N) is 1. The molecule has 3 atom stereocenters. The lowest BCUT2D eigenvalue weighted by atomic mass is 9.88. The molecule has 0 saturated carbocycles. The number of piperidine rings is 1. The van der Waals surface area contributed by atoms with Crippen LogP contribution in [0.5, 0.6) is 0 Å². The number of alkyl halides is 1. The summed E-state index contributed by atoms with van der Waals surface area (Å²) in [5.41, 5.74) is 6.95. The number of nitrogens with zero attached hydrogens (tertiary/aromatic N) is 3. The summed E-state index contributed by atoms with van der Waals surface area (Å²) in [5.74, 6) is -2.30. The molecule has 1 aliphatic rings. The molecule has 0 radical (unpaired) electrons. The summed E-state index contributed by atoms with van der Waals surface area (Å²) in [7, 11) is 0. The molecule has 2 aromatic rings. The van der Waals surface area contributed by atoms with Crippen molar-refractivity contribution in [1.82, 2.24) is 14.9 Å². The number of nitrogen functional groups attached to an aromatic ring is 1. The van der Waals surface area contributed by atoms with Crippen LogP contribution in [0.15, 0.2) is 30.6 Å². The standard InChI is InChI=1S/C19H21F2N5O2/c1-10-5-14(20)16(12-3-4-15(21)23-7-12)26(9-10)19(28)18(27)25-13-6-11(2)17(22)24-8-13/h3-4,6-8,10,14,16H,5,9H2,1-2H3,(H2,22,24)(H,25,27)/t10-,14+,16-/m1/s1. The maximum Gasteiger partial charge on any atom is 0.313 e. The SMILES string of the molecule is Cc1cc(NC(=O)C(=O)N2C[C@H](C)C[C@H](F)[C@H]2c2ccc(F)nc2)cnc1N. The first kappa shape index (κ1) is 19.7. The molecule has 1 fully saturated rings. The van der Waals surface area contributed by atoms with Gasteiger partial charge in [-0.1, -0.05) is 13.0 Å². The molecule has 0 bridgehead atoms. The van der Waals surface area contributed by atoms with Gasteiger partial charge in [-0.2, -0.15) is 4.39 Å². The number of aromatic nitrogens is 2. The zero-order valence-electron chi connectivity index (χ0n) is 15.5. The highest BCUT2D eigenvalue weighted by Gasteiger charge is 2.40. The van der Waals surface area contributed by atoms with Gasteiger partial charge in [0.15, 0.2) is 0 Å². The van der Waals surface area contributed by atoms with Gasteiger partial charge < -0.3 is 16.0 Å². The van der Waals surface area contributed by atoms with Gasteiger partial charge in [-0.25, -0.2) is 14.4 Å². The van der Waals surface area contributed by atoms with Gasteiger partial charge in [0, 0.05) is 12.7 Å². The number of carbonyl (C=O) groups excluding carboxylic acids is 2. The molecule has 0 aliphatic carbocycles. The summed E-state index contributed by atoms with van der Waals surface area (Å²) in [6, 6.07) is 3.06. The average molecular weight is 389 g/mol. The highest BCUT2D eigenvalue weighted by molar-refractivity contribution is 6.39. The van der Waals surface area contributed by atoms with Crippen molar-refractivity contribution in [1.29, 1.82) is 0 Å². The smallest absolute Gasteiger partial charge is 0.313 e. The maximum atomic E-state index is 14.8. The molecular weight excluding hydrogens is 368 g/mol. The number of pyridine rings is 2. The summed E-state index contributed by atoms with van der Waals surface area (Å²) >= 11 is 0. The lowest BCUT2D eigenvalue weighted by Crippen LogP contribution is -2.50. The normalized spacial score (nSPS) is 22.0. The number of rotatable bonds is 2. The fourth-order valence-electron chi connectivity index (χ4n) is 3.36. The summed E-state index contributed by atoms with van der Waals surface area (Å²) in [6.45, 7) is 3.72. The zero-order valence-corrected chi connectivity index (χ0v) is 15.5. The molecule has 28 heavy (non-hydrogen) atoms. The molecule has 3 heterocycles. The van der Waals surface area contributed by atoms with E-state index in [1.165, 1.54) is 23.4 Å². The van der Waals surface area contributed by atoms with E-state index in [1.807, 2.05) is 0 Å². The number of hydrogen-bond donors (Lipinski definition) is 2. The Morgan fingerprint density at radius 2 is 2.04 bits per heavy atom. The van der Waals surface area contributed by atoms with Crippen molar-refractivity contribution >= 4 is 23.3 Å². The summed E-state index contributed by atoms with van der Waals surface area (Å²) < 4.78 is 27.9. The maximum absolute atomic E-state index is 14.8. The second kappa shape index (κ2) is 7.87. The number of halogens is 2. The first-order valence-corrected chi connectivity index (χ1v) is 8.86. The fraction of sp³-hybridized carbons (Fsp3) is 0.368. The van der Waals surface area contributed by atoms with Crippen LogP contribution >= 0.6 is 0 Å². The molecule has 3 N–H and O–H groups in total. The predicted octanol–water partition coefficient (Wildman–Crippen LogP) is 2.39. The number of hydrogen-bond acceptors (Lipinski definition) is 5. The molecule has 2 amide bonds. The van der Waals surface area contributed by atoms with Crippen LogP contribution in [0.4, 0.5) is 20.3 Å². The summed E-state index contributed by atoms with van der Waals surface area (Å²) in [4.78, 5) is 34.0. The Hall–Kier alpha value is -3.10. The van der Waals surface area contributed by atoms with Crippen LogP contribution in [0.1, 0.15) is 30.5 Å². The van der Waals surface area contributed by atoms with E-state index in [9.17, 15) is 18.4 Å². The largest absolute Gasteiger partial charge is 0.383 e. The number of carbonyl (C=O) groups is 2. The fourth-order valence-corrected chi connectivity index (χ4v) is 3.36. The van der Waals surface area contributed by atoms with Gasteiger partial charge in [0.05, 0.1) is 17.9 Å². The topological polar surface area (TPSA) is 101 Å². The first-order chi connectivity index (χ1) is 13.3. The van der Waals surface area contributed by atoms with Gasteiger partial charge in [-0.15, -0.1) is 0 Å². The zero-order chi connectivity index (χ0) is 20.4. The summed E-state index contributed by atoms with van der Waals surface area (Å²) in [5, 5.41) is 2.47. The van der Waals surface area contributed by atoms with E-state index in [4.69, 9.17) is 5.73 Å². The number of aryl methyl sites for hydroxylation is 1. The predicted molar refractivity (Wildman–Crippen MR) is 99.3 cm³/mol. The van der Waals surface area contributed by atoms with Crippen LogP contribution in [0.25, 0.3) is 0 Å². The molecule has 9 heteroatoms. The van der Waals surface area contributed by atoms with Gasteiger partial charge >= 0.3 is 11.8 Å². The van der Waals surface area contributed by atoms with Crippen molar-refractivity contribution in [3.05, 3.63) is 47.7 Å². The van der Waals surface area contributed by atoms with Crippen molar-refractivity contribution < 1.29 is 18.4 Å². The second-order valence-corrected chi connectivity index (χ2v) is 7.05. The molecule has 7 nitrogen and oxygen atoms in total. The Kier molecular flexibility index (Phi) is 5.53. The molecule has 148 valence electrons. The third-order valence-corrected chi connectivity index (χ3v) is 4.74. The van der Waals surface area contributed by atoms with Crippen molar-refractivity contribution in [2.75, 3.05) is 17.6 Å². The van der Waals surface area contributed by atoms with E-state index < -0.39 is 30.0 Å². The molecule has 2 aromatic heterocycles. The van der Waals surface area contributed by atoms with E-state index in [0.29, 0.717) is 22.6 Å². The highest BCUT2D eigenvalue weighted by atomic mass is 19.1. The van der Waals surface area contributed by atoms with Crippen molar-refractivity contribution in [2.24, 2.45) is 5.92 Å². The third kappa shape index (κ3) is 4.08. The Morgan fingerprint density at radius 1 is 1.29 bits per heavy atom. The quantitative estimate of drug-likeness (QED) is 0.607. The van der Waals surface area contributed by atoms with Crippen LogP contribution in [-0.2, 0) is 9.59 Å². The number of likely N-dealkylation sites (tertiary alicyclic amines) is 1. The summed E-state index contributed by atoms with van der Waals surface area (Å²) in [6.07, 6.45) is 1.36. The van der Waals surface area contributed by atoms with Crippen LogP contribution in [-0.4, -0.2) is 39.4 Å². The Morgan fingerprint density at radius 3 is 2.68 bits per heavy atom. The van der Waals surface area contributed by atoms with Gasteiger partial charge in [-0.05, 0) is 42.5 Å². The molecule has 0 unspecified atom stereocenters. The van der Waals surface area contributed by atoms with Crippen LogP contribution in [0, 0.1) is 18.8 Å². The van der Waals surface area contributed by atoms with Crippen LogP contribution in [0.2, 0.25) is 0 Å². The Labute approximate surface area is 161 Å². The molecule has 1 saturated heterocycles. The lowest BCUT2D eigenvalue weighted by Gasteiger charge is -2.40. The molecule has 1 aliphatic heterocycles. The molecule has 0 aromatic carbocycles. The van der Waals surface area contributed by atoms with Gasteiger partial charge in [0.1, 0.15) is 12.0 Å².